The lowest BCUT2D eigenvalue weighted by Crippen LogP contribution is -2.65. The van der Waals surface area contributed by atoms with Crippen LogP contribution in [0.25, 0.3) is 0 Å². The van der Waals surface area contributed by atoms with Gasteiger partial charge in [-0.05, 0) is 57.8 Å². The van der Waals surface area contributed by atoms with Gasteiger partial charge in [0.2, 0.25) is 5.91 Å². The van der Waals surface area contributed by atoms with Crippen LogP contribution in [0.2, 0.25) is 0 Å². The van der Waals surface area contributed by atoms with Crippen molar-refractivity contribution in [2.24, 2.45) is 0 Å². The van der Waals surface area contributed by atoms with Crippen molar-refractivity contribution in [1.82, 2.24) is 5.32 Å². The third kappa shape index (κ3) is 22.5. The number of carbonyl (C=O) groups excluding carboxylic acids is 1. The van der Waals surface area contributed by atoms with Crippen molar-refractivity contribution in [1.29, 1.82) is 0 Å². The average molecular weight is 882 g/mol. The fourth-order valence-corrected chi connectivity index (χ4v) is 7.34. The highest BCUT2D eigenvalue weighted by atomic mass is 16.7. The summed E-state index contributed by atoms with van der Waals surface area (Å²) in [5.74, 6) is -0.284. The van der Waals surface area contributed by atoms with E-state index in [1.165, 1.54) is 57.8 Å². The van der Waals surface area contributed by atoms with Gasteiger partial charge in [0.05, 0.1) is 32.0 Å². The molecule has 2 heterocycles. The number of hydrogen-bond donors (Lipinski definition) is 9. The number of amides is 1. The van der Waals surface area contributed by atoms with Gasteiger partial charge in [-0.2, -0.15) is 0 Å². The van der Waals surface area contributed by atoms with Crippen LogP contribution in [-0.2, 0) is 23.7 Å². The van der Waals surface area contributed by atoms with Gasteiger partial charge in [-0.25, -0.2) is 0 Å². The Kier molecular flexibility index (Phi) is 31.5. The Labute approximate surface area is 371 Å². The van der Waals surface area contributed by atoms with Crippen LogP contribution in [0.4, 0.5) is 0 Å². The van der Waals surface area contributed by atoms with E-state index in [0.717, 1.165) is 57.8 Å². The fourth-order valence-electron chi connectivity index (χ4n) is 7.34. The number of aliphatic hydroxyl groups is 8. The van der Waals surface area contributed by atoms with Crippen LogP contribution in [0.3, 0.4) is 0 Å². The van der Waals surface area contributed by atoms with E-state index in [9.17, 15) is 45.6 Å². The summed E-state index contributed by atoms with van der Waals surface area (Å²) in [4.78, 5) is 13.1. The zero-order chi connectivity index (χ0) is 45.4. The van der Waals surface area contributed by atoms with E-state index >= 15 is 0 Å². The molecule has 0 radical (unpaired) electrons. The zero-order valence-electron chi connectivity index (χ0n) is 37.6. The molecule has 2 aliphatic heterocycles. The van der Waals surface area contributed by atoms with Crippen LogP contribution in [0, 0.1) is 0 Å². The molecule has 0 aromatic carbocycles. The molecule has 2 aliphatic rings. The first kappa shape index (κ1) is 55.8. The minimum atomic E-state index is -1.79. The summed E-state index contributed by atoms with van der Waals surface area (Å²) in [6, 6.07) is -0.936. The monoisotopic (exact) mass is 882 g/mol. The number of unbranched alkanes of at least 4 members (excludes halogenated alkanes) is 13. The van der Waals surface area contributed by atoms with Gasteiger partial charge >= 0.3 is 0 Å². The number of rotatable bonds is 34. The molecule has 0 spiro atoms. The van der Waals surface area contributed by atoms with Gasteiger partial charge in [0.25, 0.3) is 0 Å². The molecule has 0 aromatic heterocycles. The Balaban J connectivity index is 1.92. The summed E-state index contributed by atoms with van der Waals surface area (Å²) in [6.45, 7) is 2.60. The van der Waals surface area contributed by atoms with Crippen molar-refractivity contribution in [3.05, 3.63) is 60.8 Å². The summed E-state index contributed by atoms with van der Waals surface area (Å²) >= 11 is 0. The molecule has 9 N–H and O–H groups in total. The number of allylic oxidation sites excluding steroid dienone is 9. The van der Waals surface area contributed by atoms with Gasteiger partial charge in [0.15, 0.2) is 12.6 Å². The Morgan fingerprint density at radius 1 is 0.597 bits per heavy atom. The van der Waals surface area contributed by atoms with Gasteiger partial charge in [-0.3, -0.25) is 4.79 Å². The number of carbonyl (C=O) groups is 1. The van der Waals surface area contributed by atoms with Crippen molar-refractivity contribution in [3.63, 3.8) is 0 Å². The molecule has 0 aliphatic carbocycles. The Morgan fingerprint density at radius 3 is 1.71 bits per heavy atom. The summed E-state index contributed by atoms with van der Waals surface area (Å²) in [5.41, 5.74) is 0. The third-order valence-corrected chi connectivity index (χ3v) is 11.2. The SMILES string of the molecule is CC/C=C\C/C=C\C/C=C\C/C=C\CCCCC(=O)NC(COC1OC(CO)C(OC2OC(CO)C(O)C(O)C2O)C(O)C1O)C(O)/C=C/CCCCCCCCCCCCC. The first-order valence-electron chi connectivity index (χ1n) is 23.5. The molecule has 1 amide bonds. The van der Waals surface area contributed by atoms with Crippen LogP contribution in [0.5, 0.6) is 0 Å². The molecule has 12 atom stereocenters. The topological polar surface area (TPSA) is 228 Å². The number of aliphatic hydroxyl groups excluding tert-OH is 8. The maximum absolute atomic E-state index is 13.1. The second-order valence-corrected chi connectivity index (χ2v) is 16.5. The molecule has 358 valence electrons. The van der Waals surface area contributed by atoms with Crippen molar-refractivity contribution in [2.75, 3.05) is 19.8 Å². The highest BCUT2D eigenvalue weighted by Crippen LogP contribution is 2.30. The maximum Gasteiger partial charge on any atom is 0.220 e. The minimum absolute atomic E-state index is 0.226. The molecular weight excluding hydrogens is 799 g/mol. The van der Waals surface area contributed by atoms with E-state index in [2.05, 4.69) is 67.8 Å². The summed E-state index contributed by atoms with van der Waals surface area (Å²) in [5, 5.41) is 86.5. The highest BCUT2D eigenvalue weighted by Gasteiger charge is 2.50. The second-order valence-electron chi connectivity index (χ2n) is 16.5. The van der Waals surface area contributed by atoms with E-state index in [1.807, 2.05) is 6.08 Å². The lowest BCUT2D eigenvalue weighted by atomic mass is 9.97. The molecule has 12 unspecified atom stereocenters. The summed E-state index contributed by atoms with van der Waals surface area (Å²) in [7, 11) is 0. The third-order valence-electron chi connectivity index (χ3n) is 11.2. The predicted octanol–water partition coefficient (Wildman–Crippen LogP) is 5.10. The summed E-state index contributed by atoms with van der Waals surface area (Å²) < 4.78 is 22.6. The maximum atomic E-state index is 13.1. The van der Waals surface area contributed by atoms with Gasteiger partial charge in [-0.15, -0.1) is 0 Å². The molecule has 14 nitrogen and oxygen atoms in total. The Bertz CT molecular complexity index is 1270. The van der Waals surface area contributed by atoms with Crippen LogP contribution in [0.15, 0.2) is 60.8 Å². The Morgan fingerprint density at radius 2 is 1.11 bits per heavy atom. The average Bonchev–Trinajstić information content (AvgIpc) is 3.27. The molecule has 62 heavy (non-hydrogen) atoms. The highest BCUT2D eigenvalue weighted by molar-refractivity contribution is 5.76. The van der Waals surface area contributed by atoms with Crippen molar-refractivity contribution in [3.8, 4) is 0 Å². The van der Waals surface area contributed by atoms with E-state index in [0.29, 0.717) is 6.42 Å². The Hall–Kier alpha value is -2.31. The lowest BCUT2D eigenvalue weighted by Gasteiger charge is -2.46. The second kappa shape index (κ2) is 35.0. The predicted molar refractivity (Wildman–Crippen MR) is 240 cm³/mol. The molecule has 0 bridgehead atoms. The minimum Gasteiger partial charge on any atom is -0.394 e. The first-order chi connectivity index (χ1) is 30.1. The van der Waals surface area contributed by atoms with E-state index in [4.69, 9.17) is 18.9 Å². The largest absolute Gasteiger partial charge is 0.394 e. The van der Waals surface area contributed by atoms with E-state index in [-0.39, 0.29) is 18.9 Å². The quantitative estimate of drug-likeness (QED) is 0.0304. The number of nitrogens with one attached hydrogen (secondary N) is 1. The van der Waals surface area contributed by atoms with Crippen LogP contribution in [-0.4, -0.2) is 140 Å². The standard InChI is InChI=1S/C48H83NO13/c1-3-5-7-9-11-13-15-17-18-20-22-24-26-28-30-32-40(53)49-36(37(52)31-29-27-25-23-21-19-16-14-12-10-8-6-4-2)35-59-47-45(58)43(56)46(39(34-51)61-47)62-48-44(57)42(55)41(54)38(33-50)60-48/h5,7,11,13,17-18,22,24,29,31,36-39,41-48,50-52,54-58H,3-4,6,8-10,12,14-16,19-21,23,25-28,30,32-35H2,1-2H3,(H,49,53)/b7-5-,13-11-,18-17-,24-22-,31-29+. The molecular formula is C48H83NO13. The van der Waals surface area contributed by atoms with Crippen LogP contribution < -0.4 is 5.32 Å². The van der Waals surface area contributed by atoms with Crippen molar-refractivity contribution in [2.45, 2.75) is 216 Å². The van der Waals surface area contributed by atoms with Crippen molar-refractivity contribution < 1.29 is 64.6 Å². The summed E-state index contributed by atoms with van der Waals surface area (Å²) in [6.07, 6.45) is 24.1. The molecule has 2 saturated heterocycles. The van der Waals surface area contributed by atoms with Crippen LogP contribution >= 0.6 is 0 Å². The molecule has 2 fully saturated rings. The number of hydrogen-bond acceptors (Lipinski definition) is 13. The first-order valence-corrected chi connectivity index (χ1v) is 23.5. The van der Waals surface area contributed by atoms with Crippen LogP contribution in [0.1, 0.15) is 142 Å². The zero-order valence-corrected chi connectivity index (χ0v) is 37.6. The lowest BCUT2D eigenvalue weighted by molar-refractivity contribution is -0.359. The molecule has 0 saturated carbocycles. The van der Waals surface area contributed by atoms with Gasteiger partial charge < -0.3 is 65.1 Å². The normalized spacial score (nSPS) is 28.3. The van der Waals surface area contributed by atoms with Gasteiger partial charge in [0.1, 0.15) is 48.8 Å². The molecule has 2 rings (SSSR count). The van der Waals surface area contributed by atoms with Gasteiger partial charge in [0, 0.05) is 6.42 Å². The van der Waals surface area contributed by atoms with E-state index in [1.54, 1.807) is 6.08 Å². The van der Waals surface area contributed by atoms with Gasteiger partial charge in [-0.1, -0.05) is 139 Å². The smallest absolute Gasteiger partial charge is 0.220 e. The fraction of sp³-hybridized carbons (Fsp3) is 0.771. The van der Waals surface area contributed by atoms with E-state index < -0.39 is 86.8 Å². The number of ether oxygens (including phenoxy) is 4. The van der Waals surface area contributed by atoms with Crippen molar-refractivity contribution >= 4 is 5.91 Å². The molecule has 0 aromatic rings. The molecule has 14 heteroatoms.